The molecule has 6 nitrogen and oxygen atoms in total. The molecule has 0 radical (unpaired) electrons. The zero-order chi connectivity index (χ0) is 13.9. The van der Waals surface area contributed by atoms with Crippen LogP contribution < -0.4 is 10.9 Å². The van der Waals surface area contributed by atoms with E-state index >= 15 is 0 Å². The maximum atomic E-state index is 12.0. The van der Waals surface area contributed by atoms with E-state index in [2.05, 4.69) is 10.4 Å². The van der Waals surface area contributed by atoms with Crippen molar-refractivity contribution >= 4 is 5.91 Å². The molecule has 0 spiro atoms. The van der Waals surface area contributed by atoms with Crippen LogP contribution in [0.4, 0.5) is 0 Å². The van der Waals surface area contributed by atoms with Crippen molar-refractivity contribution in [2.24, 2.45) is 12.5 Å². The van der Waals surface area contributed by atoms with Crippen LogP contribution in [-0.2, 0) is 7.05 Å². The van der Waals surface area contributed by atoms with E-state index in [0.29, 0.717) is 6.54 Å². The first kappa shape index (κ1) is 13.7. The lowest BCUT2D eigenvalue weighted by Gasteiger charge is -2.26. The molecule has 2 N–H and O–H groups in total. The molecule has 2 rings (SSSR count). The molecule has 1 aromatic rings. The number of nitrogens with one attached hydrogen (secondary N) is 1. The Morgan fingerprint density at radius 1 is 1.47 bits per heavy atom. The molecule has 1 aliphatic rings. The number of carbonyl (C=O) groups excluding carboxylic acids is 1. The first-order valence-electron chi connectivity index (χ1n) is 6.50. The van der Waals surface area contributed by atoms with Crippen LogP contribution >= 0.6 is 0 Å². The molecule has 1 aromatic heterocycles. The van der Waals surface area contributed by atoms with Gasteiger partial charge in [-0.2, -0.15) is 5.10 Å². The molecule has 0 atom stereocenters. The Morgan fingerprint density at radius 2 is 2.16 bits per heavy atom. The third kappa shape index (κ3) is 3.01. The summed E-state index contributed by atoms with van der Waals surface area (Å²) >= 11 is 0. The molecule has 0 aliphatic heterocycles. The minimum atomic E-state index is -0.310. The number of hydrogen-bond acceptors (Lipinski definition) is 4. The van der Waals surface area contributed by atoms with Crippen molar-refractivity contribution in [3.05, 3.63) is 28.2 Å². The second kappa shape index (κ2) is 5.52. The van der Waals surface area contributed by atoms with Crippen LogP contribution in [0.1, 0.15) is 36.2 Å². The van der Waals surface area contributed by atoms with Gasteiger partial charge in [-0.15, -0.1) is 0 Å². The van der Waals surface area contributed by atoms with Crippen LogP contribution in [0.3, 0.4) is 0 Å². The summed E-state index contributed by atoms with van der Waals surface area (Å²) in [5.74, 6) is -0.310. The largest absolute Gasteiger partial charge is 0.396 e. The van der Waals surface area contributed by atoms with Gasteiger partial charge in [0.25, 0.3) is 11.5 Å². The molecule has 1 amide bonds. The standard InChI is InChI=1S/C13H19N3O3/c1-16-11(18)5-4-10(15-16)12(19)14-8-13(9-17)6-2-3-7-13/h4-5,17H,2-3,6-9H2,1H3,(H,14,19). The van der Waals surface area contributed by atoms with Gasteiger partial charge < -0.3 is 10.4 Å². The van der Waals surface area contributed by atoms with Crippen molar-refractivity contribution < 1.29 is 9.90 Å². The number of aliphatic hydroxyl groups is 1. The summed E-state index contributed by atoms with van der Waals surface area (Å²) in [5, 5.41) is 16.2. The summed E-state index contributed by atoms with van der Waals surface area (Å²) < 4.78 is 1.13. The average molecular weight is 265 g/mol. The highest BCUT2D eigenvalue weighted by molar-refractivity contribution is 5.92. The number of amides is 1. The van der Waals surface area contributed by atoms with Crippen molar-refractivity contribution in [1.82, 2.24) is 15.1 Å². The lowest BCUT2D eigenvalue weighted by atomic mass is 9.87. The van der Waals surface area contributed by atoms with E-state index in [9.17, 15) is 14.7 Å². The van der Waals surface area contributed by atoms with E-state index < -0.39 is 0 Å². The van der Waals surface area contributed by atoms with Crippen molar-refractivity contribution in [2.75, 3.05) is 13.2 Å². The molecule has 19 heavy (non-hydrogen) atoms. The number of rotatable bonds is 4. The molecule has 0 saturated heterocycles. The Hall–Kier alpha value is -1.69. The van der Waals surface area contributed by atoms with Crippen LogP contribution in [0.25, 0.3) is 0 Å². The van der Waals surface area contributed by atoms with Gasteiger partial charge in [0.05, 0.1) is 6.61 Å². The van der Waals surface area contributed by atoms with Gasteiger partial charge in [0.15, 0.2) is 0 Å². The summed E-state index contributed by atoms with van der Waals surface area (Å²) in [6.07, 6.45) is 4.05. The van der Waals surface area contributed by atoms with Crippen LogP contribution in [0.15, 0.2) is 16.9 Å². The monoisotopic (exact) mass is 265 g/mol. The molecule has 1 aliphatic carbocycles. The Kier molecular flexibility index (Phi) is 3.99. The first-order chi connectivity index (χ1) is 9.06. The molecule has 104 valence electrons. The molecular weight excluding hydrogens is 246 g/mol. The minimum Gasteiger partial charge on any atom is -0.396 e. The van der Waals surface area contributed by atoms with Crippen molar-refractivity contribution in [3.8, 4) is 0 Å². The highest BCUT2D eigenvalue weighted by atomic mass is 16.3. The zero-order valence-corrected chi connectivity index (χ0v) is 11.1. The predicted octanol–water partition coefficient (Wildman–Crippen LogP) is 0.0628. The van der Waals surface area contributed by atoms with E-state index in [4.69, 9.17) is 0 Å². The molecule has 1 saturated carbocycles. The molecule has 6 heteroatoms. The Bertz CT molecular complexity index is 518. The second-order valence-corrected chi connectivity index (χ2v) is 5.23. The fourth-order valence-electron chi connectivity index (χ4n) is 2.50. The van der Waals surface area contributed by atoms with Gasteiger partial charge in [0, 0.05) is 25.1 Å². The molecule has 1 fully saturated rings. The third-order valence-corrected chi connectivity index (χ3v) is 3.82. The molecular formula is C13H19N3O3. The van der Waals surface area contributed by atoms with Crippen LogP contribution in [0.2, 0.25) is 0 Å². The minimum absolute atomic E-state index is 0.0913. The number of aryl methyl sites for hydroxylation is 1. The van der Waals surface area contributed by atoms with Gasteiger partial charge in [0.1, 0.15) is 5.69 Å². The topological polar surface area (TPSA) is 84.2 Å². The van der Waals surface area contributed by atoms with Crippen molar-refractivity contribution in [3.63, 3.8) is 0 Å². The zero-order valence-electron chi connectivity index (χ0n) is 11.1. The van der Waals surface area contributed by atoms with Gasteiger partial charge in [-0.05, 0) is 18.9 Å². The average Bonchev–Trinajstić information content (AvgIpc) is 2.89. The molecule has 0 aromatic carbocycles. The lowest BCUT2D eigenvalue weighted by molar-refractivity contribution is 0.0874. The number of nitrogens with zero attached hydrogens (tertiary/aromatic N) is 2. The fraction of sp³-hybridized carbons (Fsp3) is 0.615. The van der Waals surface area contributed by atoms with E-state index in [1.807, 2.05) is 0 Å². The summed E-state index contributed by atoms with van der Waals surface area (Å²) in [5.41, 5.74) is -0.219. The summed E-state index contributed by atoms with van der Waals surface area (Å²) in [7, 11) is 1.51. The number of hydrogen-bond donors (Lipinski definition) is 2. The Labute approximate surface area is 111 Å². The maximum Gasteiger partial charge on any atom is 0.271 e. The SMILES string of the molecule is Cn1nc(C(=O)NCC2(CO)CCCC2)ccc1=O. The van der Waals surface area contributed by atoms with Gasteiger partial charge in [-0.3, -0.25) is 9.59 Å². The maximum absolute atomic E-state index is 12.0. The summed E-state index contributed by atoms with van der Waals surface area (Å²) in [6.45, 7) is 0.542. The van der Waals surface area contributed by atoms with Crippen LogP contribution in [0.5, 0.6) is 0 Å². The summed E-state index contributed by atoms with van der Waals surface area (Å²) in [4.78, 5) is 23.1. The van der Waals surface area contributed by atoms with E-state index in [1.165, 1.54) is 19.2 Å². The van der Waals surface area contributed by atoms with Gasteiger partial charge >= 0.3 is 0 Å². The molecule has 0 bridgehead atoms. The third-order valence-electron chi connectivity index (χ3n) is 3.82. The van der Waals surface area contributed by atoms with Crippen LogP contribution in [-0.4, -0.2) is 33.9 Å². The number of aromatic nitrogens is 2. The summed E-state index contributed by atoms with van der Waals surface area (Å²) in [6, 6.07) is 2.73. The van der Waals surface area contributed by atoms with Gasteiger partial charge in [-0.25, -0.2) is 4.68 Å². The fourth-order valence-corrected chi connectivity index (χ4v) is 2.50. The molecule has 1 heterocycles. The van der Waals surface area contributed by atoms with Gasteiger partial charge in [0.2, 0.25) is 0 Å². The Morgan fingerprint density at radius 3 is 2.74 bits per heavy atom. The van der Waals surface area contributed by atoms with E-state index in [1.54, 1.807) is 0 Å². The number of carbonyl (C=O) groups is 1. The van der Waals surface area contributed by atoms with E-state index in [0.717, 1.165) is 30.4 Å². The van der Waals surface area contributed by atoms with Crippen molar-refractivity contribution in [2.45, 2.75) is 25.7 Å². The predicted molar refractivity (Wildman–Crippen MR) is 69.8 cm³/mol. The van der Waals surface area contributed by atoms with E-state index in [-0.39, 0.29) is 29.2 Å². The highest BCUT2D eigenvalue weighted by Crippen LogP contribution is 2.36. The highest BCUT2D eigenvalue weighted by Gasteiger charge is 2.33. The smallest absolute Gasteiger partial charge is 0.271 e. The lowest BCUT2D eigenvalue weighted by Crippen LogP contribution is -2.39. The molecule has 0 unspecified atom stereocenters. The Balaban J connectivity index is 2.01. The van der Waals surface area contributed by atoms with Crippen LogP contribution in [0, 0.1) is 5.41 Å². The quantitative estimate of drug-likeness (QED) is 0.806. The first-order valence-corrected chi connectivity index (χ1v) is 6.50. The van der Waals surface area contributed by atoms with Gasteiger partial charge in [-0.1, -0.05) is 12.8 Å². The van der Waals surface area contributed by atoms with Crippen molar-refractivity contribution in [1.29, 1.82) is 0 Å². The number of aliphatic hydroxyl groups excluding tert-OH is 1. The normalized spacial score (nSPS) is 17.4. The second-order valence-electron chi connectivity index (χ2n) is 5.23.